The van der Waals surface area contributed by atoms with Crippen molar-refractivity contribution >= 4 is 22.0 Å². The van der Waals surface area contributed by atoms with Crippen LogP contribution >= 0.6 is 15.9 Å². The second-order valence-electron chi connectivity index (χ2n) is 14.3. The maximum atomic E-state index is 12.2. The second-order valence-corrected chi connectivity index (χ2v) is 15.0. The standard InChI is InChI=1S/C35H43BrN2O6/c1-22-14-26-27-10-11-34(35(44-21-42-34)19-40-20-43-35)33(27,3)17-30(39)31(26)32(2)16-23-18-37-38(29(23)15-28(22)32)24-6-8-25(9-7-24)41-13-5-4-12-36/h4-9,15,18,22,26-27,30-31,39H,10-14,16-17,19-21H2,1-3H3/t22-,26-,27-,30-,31+,32-,33-,34+,35?/m0/s1. The highest BCUT2D eigenvalue weighted by atomic mass is 79.9. The quantitative estimate of drug-likeness (QED) is 0.308. The third-order valence-corrected chi connectivity index (χ3v) is 12.8. The molecule has 0 amide bonds. The van der Waals surface area contributed by atoms with Gasteiger partial charge in [0.15, 0.2) is 13.6 Å². The molecule has 9 atom stereocenters. The van der Waals surface area contributed by atoms with Gasteiger partial charge in [-0.1, -0.05) is 54.4 Å². The third kappa shape index (κ3) is 3.95. The van der Waals surface area contributed by atoms with Crippen molar-refractivity contribution in [2.24, 2.45) is 34.5 Å². The Morgan fingerprint density at radius 2 is 1.95 bits per heavy atom. The van der Waals surface area contributed by atoms with Gasteiger partial charge in [-0.15, -0.1) is 0 Å². The number of alkyl halides is 1. The molecule has 8 nitrogen and oxygen atoms in total. The van der Waals surface area contributed by atoms with E-state index >= 15 is 0 Å². The van der Waals surface area contributed by atoms with Gasteiger partial charge in [-0.05, 0) is 97.1 Å². The fourth-order valence-corrected chi connectivity index (χ4v) is 11.0. The highest BCUT2D eigenvalue weighted by Crippen LogP contribution is 2.72. The van der Waals surface area contributed by atoms with Gasteiger partial charge in [-0.3, -0.25) is 0 Å². The Kier molecular flexibility index (Phi) is 7.02. The van der Waals surface area contributed by atoms with Gasteiger partial charge in [0.1, 0.15) is 24.6 Å². The van der Waals surface area contributed by atoms with Crippen LogP contribution in [0.5, 0.6) is 5.75 Å². The van der Waals surface area contributed by atoms with Crippen LogP contribution in [0.3, 0.4) is 0 Å². The molecule has 1 unspecified atom stereocenters. The second kappa shape index (κ2) is 10.5. The SMILES string of the molecule is C[C@H]1C[C@@H]2[C@H]([C@@H](O)C[C@@]3(C)[C@H]2CC[C@@]32OCOC23COCO3)[C@@]2(C)Cc3cnn(-c4ccc(OCC=CCBr)cc4)c3C=C12. The van der Waals surface area contributed by atoms with Gasteiger partial charge in [-0.25, -0.2) is 4.68 Å². The van der Waals surface area contributed by atoms with Crippen molar-refractivity contribution in [1.82, 2.24) is 9.78 Å². The van der Waals surface area contributed by atoms with Crippen LogP contribution in [0.15, 0.2) is 48.2 Å². The van der Waals surface area contributed by atoms with Gasteiger partial charge in [0.05, 0.1) is 23.7 Å². The lowest BCUT2D eigenvalue weighted by Gasteiger charge is -2.62. The molecule has 6 aliphatic rings. The van der Waals surface area contributed by atoms with Crippen molar-refractivity contribution in [2.75, 3.05) is 32.1 Å². The zero-order chi connectivity index (χ0) is 30.3. The van der Waals surface area contributed by atoms with E-state index in [0.29, 0.717) is 37.4 Å². The summed E-state index contributed by atoms with van der Waals surface area (Å²) in [4.78, 5) is 0. The molecule has 8 rings (SSSR count). The number of rotatable bonds is 5. The summed E-state index contributed by atoms with van der Waals surface area (Å²) in [7, 11) is 0. The smallest absolute Gasteiger partial charge is 0.226 e. The molecule has 3 heterocycles. The molecule has 1 N–H and O–H groups in total. The molecule has 0 bridgehead atoms. The minimum Gasteiger partial charge on any atom is -0.490 e. The Hall–Kier alpha value is -2.01. The number of hydrogen-bond acceptors (Lipinski definition) is 7. The number of hydrogen-bond donors (Lipinski definition) is 1. The van der Waals surface area contributed by atoms with E-state index in [0.717, 1.165) is 48.1 Å². The van der Waals surface area contributed by atoms with Gasteiger partial charge >= 0.3 is 0 Å². The average Bonchev–Trinajstić information content (AvgIpc) is 3.78. The first kappa shape index (κ1) is 29.4. The largest absolute Gasteiger partial charge is 0.490 e. The van der Waals surface area contributed by atoms with E-state index in [2.05, 4.69) is 59.6 Å². The van der Waals surface area contributed by atoms with Crippen molar-refractivity contribution < 1.29 is 28.8 Å². The first-order valence-electron chi connectivity index (χ1n) is 16.2. The van der Waals surface area contributed by atoms with Crippen molar-refractivity contribution in [2.45, 2.75) is 70.4 Å². The van der Waals surface area contributed by atoms with Crippen molar-refractivity contribution in [1.29, 1.82) is 0 Å². The summed E-state index contributed by atoms with van der Waals surface area (Å²) in [5, 5.41) is 17.9. The van der Waals surface area contributed by atoms with Crippen LogP contribution in [-0.2, 0) is 25.4 Å². The maximum Gasteiger partial charge on any atom is 0.226 e. The van der Waals surface area contributed by atoms with Crippen LogP contribution in [0, 0.1) is 34.5 Å². The van der Waals surface area contributed by atoms with E-state index in [1.807, 2.05) is 30.5 Å². The molecule has 1 aromatic carbocycles. The minimum absolute atomic E-state index is 0.141. The zero-order valence-electron chi connectivity index (χ0n) is 25.8. The molecule has 2 saturated heterocycles. The maximum absolute atomic E-state index is 12.2. The van der Waals surface area contributed by atoms with E-state index in [9.17, 15) is 5.11 Å². The normalized spacial score (nSPS) is 42.4. The third-order valence-electron chi connectivity index (χ3n) is 12.4. The molecule has 0 radical (unpaired) electrons. The molecule has 3 saturated carbocycles. The molecule has 9 heteroatoms. The molecule has 1 aromatic heterocycles. The number of fused-ring (bicyclic) bond motifs is 8. The Labute approximate surface area is 267 Å². The van der Waals surface area contributed by atoms with Crippen LogP contribution in [0.4, 0.5) is 0 Å². The number of ether oxygens (including phenoxy) is 5. The molecule has 44 heavy (non-hydrogen) atoms. The summed E-state index contributed by atoms with van der Waals surface area (Å²) in [6.07, 6.45) is 12.6. The summed E-state index contributed by atoms with van der Waals surface area (Å²) in [6, 6.07) is 8.17. The number of aliphatic hydroxyl groups excluding tert-OH is 1. The number of benzene rings is 1. The topological polar surface area (TPSA) is 84.2 Å². The molecule has 236 valence electrons. The fourth-order valence-electron chi connectivity index (χ4n) is 10.8. The Morgan fingerprint density at radius 1 is 1.14 bits per heavy atom. The molecule has 2 spiro atoms. The van der Waals surface area contributed by atoms with Gasteiger partial charge in [0.25, 0.3) is 0 Å². The predicted octanol–water partition coefficient (Wildman–Crippen LogP) is 6.04. The number of aliphatic hydroxyl groups is 1. The van der Waals surface area contributed by atoms with Crippen LogP contribution in [0.2, 0.25) is 0 Å². The van der Waals surface area contributed by atoms with Gasteiger partial charge in [-0.2, -0.15) is 5.10 Å². The lowest BCUT2D eigenvalue weighted by atomic mass is 9.43. The van der Waals surface area contributed by atoms with Crippen LogP contribution in [0.1, 0.15) is 57.7 Å². The van der Waals surface area contributed by atoms with E-state index in [1.54, 1.807) is 0 Å². The Morgan fingerprint density at radius 3 is 2.73 bits per heavy atom. The molecular formula is C35H43BrN2O6. The predicted molar refractivity (Wildman–Crippen MR) is 168 cm³/mol. The molecular weight excluding hydrogens is 624 g/mol. The molecule has 2 aliphatic heterocycles. The van der Waals surface area contributed by atoms with Gasteiger partial charge in [0, 0.05) is 10.7 Å². The minimum atomic E-state index is -0.874. The lowest BCUT2D eigenvalue weighted by Crippen LogP contribution is -2.66. The van der Waals surface area contributed by atoms with Crippen LogP contribution in [0.25, 0.3) is 11.8 Å². The van der Waals surface area contributed by atoms with Gasteiger partial charge in [0.2, 0.25) is 5.79 Å². The number of aromatic nitrogens is 2. The zero-order valence-corrected chi connectivity index (χ0v) is 27.4. The average molecular weight is 668 g/mol. The molecule has 4 aliphatic carbocycles. The highest BCUT2D eigenvalue weighted by molar-refractivity contribution is 9.09. The van der Waals surface area contributed by atoms with E-state index in [-0.39, 0.29) is 30.3 Å². The van der Waals surface area contributed by atoms with Crippen molar-refractivity contribution in [3.63, 3.8) is 0 Å². The van der Waals surface area contributed by atoms with E-state index in [4.69, 9.17) is 28.8 Å². The van der Waals surface area contributed by atoms with Crippen molar-refractivity contribution in [3.8, 4) is 11.4 Å². The Bertz CT molecular complexity index is 1480. The Balaban J connectivity index is 1.09. The van der Waals surface area contributed by atoms with E-state index < -0.39 is 17.5 Å². The molecule has 5 fully saturated rings. The summed E-state index contributed by atoms with van der Waals surface area (Å²) in [5.41, 5.74) is 3.87. The number of halogens is 1. The van der Waals surface area contributed by atoms with Gasteiger partial charge < -0.3 is 28.8 Å². The van der Waals surface area contributed by atoms with E-state index in [1.165, 1.54) is 11.1 Å². The van der Waals surface area contributed by atoms with Crippen LogP contribution in [-0.4, -0.2) is 64.5 Å². The molecule has 2 aromatic rings. The summed E-state index contributed by atoms with van der Waals surface area (Å²) in [6.45, 7) is 8.50. The number of nitrogens with zero attached hydrogens (tertiary/aromatic N) is 2. The van der Waals surface area contributed by atoms with Crippen molar-refractivity contribution in [3.05, 3.63) is 59.4 Å². The highest BCUT2D eigenvalue weighted by Gasteiger charge is 2.77. The lowest BCUT2D eigenvalue weighted by molar-refractivity contribution is -0.258. The van der Waals surface area contributed by atoms with Crippen LogP contribution < -0.4 is 4.74 Å². The summed E-state index contributed by atoms with van der Waals surface area (Å²) in [5.74, 6) is 1.33. The summed E-state index contributed by atoms with van der Waals surface area (Å²) < 4.78 is 32.5. The first-order chi connectivity index (χ1) is 21.3. The fraction of sp³-hybridized carbons (Fsp3) is 0.629. The monoisotopic (exact) mass is 666 g/mol. The number of allylic oxidation sites excluding steroid dienone is 2. The first-order valence-corrected chi connectivity index (χ1v) is 17.3. The summed E-state index contributed by atoms with van der Waals surface area (Å²) >= 11 is 3.39.